The molecule has 1 atom stereocenters. The predicted octanol–water partition coefficient (Wildman–Crippen LogP) is 0.852. The van der Waals surface area contributed by atoms with Crippen molar-refractivity contribution in [2.75, 3.05) is 24.7 Å². The Morgan fingerprint density at radius 2 is 2.23 bits per heavy atom. The molecule has 2 aromatic rings. The molecule has 0 spiro atoms. The molecule has 7 heteroatoms. The fraction of sp³-hybridized carbons (Fsp3) is 0.467. The highest BCUT2D eigenvalue weighted by molar-refractivity contribution is 5.55. The number of aromatic nitrogens is 4. The van der Waals surface area contributed by atoms with Gasteiger partial charge in [0, 0.05) is 32.5 Å². The Kier molecular flexibility index (Phi) is 4.15. The average Bonchev–Trinajstić information content (AvgIpc) is 2.75. The topological polar surface area (TPSA) is 73.1 Å². The first kappa shape index (κ1) is 14.6. The maximum atomic E-state index is 12.3. The van der Waals surface area contributed by atoms with Crippen LogP contribution >= 0.6 is 0 Å². The van der Waals surface area contributed by atoms with Crippen LogP contribution in [0.3, 0.4) is 0 Å². The van der Waals surface area contributed by atoms with Gasteiger partial charge in [0.2, 0.25) is 5.95 Å². The summed E-state index contributed by atoms with van der Waals surface area (Å²) in [5, 5.41) is 0. The lowest BCUT2D eigenvalue weighted by Crippen LogP contribution is -2.39. The lowest BCUT2D eigenvalue weighted by atomic mass is 10.2. The van der Waals surface area contributed by atoms with Crippen molar-refractivity contribution in [1.29, 1.82) is 0 Å². The Balaban J connectivity index is 2.07. The smallest absolute Gasteiger partial charge is 0.255 e. The van der Waals surface area contributed by atoms with Crippen LogP contribution in [0.25, 0.3) is 11.4 Å². The van der Waals surface area contributed by atoms with Crippen molar-refractivity contribution in [2.24, 2.45) is 7.05 Å². The number of nitrogens with zero attached hydrogens (tertiary/aromatic N) is 5. The standard InChI is InChI=1S/C15H19N5O2/c1-11-9-22-7-3-6-20(11)15-18-13(8-14(21)19(15)2)12-4-5-16-10-17-12/h4-5,8,10-11H,3,6-7,9H2,1-2H3/t11-/m1/s1. The summed E-state index contributed by atoms with van der Waals surface area (Å²) in [5.74, 6) is 0.652. The lowest BCUT2D eigenvalue weighted by Gasteiger charge is -2.28. The Morgan fingerprint density at radius 3 is 3.00 bits per heavy atom. The molecule has 0 radical (unpaired) electrons. The molecule has 3 rings (SSSR count). The maximum Gasteiger partial charge on any atom is 0.255 e. The number of hydrogen-bond donors (Lipinski definition) is 0. The van der Waals surface area contributed by atoms with Gasteiger partial charge in [0.25, 0.3) is 5.56 Å². The van der Waals surface area contributed by atoms with Crippen LogP contribution in [0.15, 0.2) is 29.5 Å². The molecule has 7 nitrogen and oxygen atoms in total. The molecule has 0 N–H and O–H groups in total. The van der Waals surface area contributed by atoms with E-state index in [-0.39, 0.29) is 11.6 Å². The Bertz CT molecular complexity index is 701. The van der Waals surface area contributed by atoms with Gasteiger partial charge < -0.3 is 9.64 Å². The highest BCUT2D eigenvalue weighted by atomic mass is 16.5. The third kappa shape index (κ3) is 2.85. The van der Waals surface area contributed by atoms with Gasteiger partial charge in [0.1, 0.15) is 6.33 Å². The van der Waals surface area contributed by atoms with E-state index in [0.717, 1.165) is 19.6 Å². The van der Waals surface area contributed by atoms with Crippen molar-refractivity contribution in [2.45, 2.75) is 19.4 Å². The number of ether oxygens (including phenoxy) is 1. The van der Waals surface area contributed by atoms with Gasteiger partial charge in [-0.05, 0) is 19.4 Å². The summed E-state index contributed by atoms with van der Waals surface area (Å²) >= 11 is 0. The van der Waals surface area contributed by atoms with Crippen LogP contribution in [0.4, 0.5) is 5.95 Å². The summed E-state index contributed by atoms with van der Waals surface area (Å²) in [7, 11) is 1.74. The summed E-state index contributed by atoms with van der Waals surface area (Å²) in [6.07, 6.45) is 4.01. The molecule has 1 fully saturated rings. The largest absolute Gasteiger partial charge is 0.379 e. The molecular formula is C15H19N5O2. The third-order valence-electron chi connectivity index (χ3n) is 3.79. The van der Waals surface area contributed by atoms with E-state index < -0.39 is 0 Å². The Hall–Kier alpha value is -2.28. The van der Waals surface area contributed by atoms with Gasteiger partial charge in [0.05, 0.1) is 24.0 Å². The van der Waals surface area contributed by atoms with Crippen molar-refractivity contribution in [3.8, 4) is 11.4 Å². The molecule has 22 heavy (non-hydrogen) atoms. The predicted molar refractivity (Wildman–Crippen MR) is 82.7 cm³/mol. The van der Waals surface area contributed by atoms with Gasteiger partial charge >= 0.3 is 0 Å². The monoisotopic (exact) mass is 301 g/mol. The average molecular weight is 301 g/mol. The molecule has 0 aromatic carbocycles. The van der Waals surface area contributed by atoms with Crippen LogP contribution in [0, 0.1) is 0 Å². The molecule has 1 saturated heterocycles. The first-order chi connectivity index (χ1) is 10.7. The quantitative estimate of drug-likeness (QED) is 0.819. The summed E-state index contributed by atoms with van der Waals surface area (Å²) in [5.41, 5.74) is 1.11. The Labute approximate surface area is 128 Å². The van der Waals surface area contributed by atoms with Gasteiger partial charge in [-0.15, -0.1) is 0 Å². The van der Waals surface area contributed by atoms with E-state index in [1.54, 1.807) is 23.9 Å². The molecule has 0 bridgehead atoms. The summed E-state index contributed by atoms with van der Waals surface area (Å²) in [6.45, 7) is 4.26. The van der Waals surface area contributed by atoms with Crippen LogP contribution < -0.4 is 10.5 Å². The first-order valence-corrected chi connectivity index (χ1v) is 7.35. The molecule has 1 aliphatic heterocycles. The van der Waals surface area contributed by atoms with Crippen molar-refractivity contribution in [3.05, 3.63) is 35.0 Å². The van der Waals surface area contributed by atoms with Gasteiger partial charge in [-0.2, -0.15) is 0 Å². The zero-order chi connectivity index (χ0) is 15.5. The van der Waals surface area contributed by atoms with E-state index in [9.17, 15) is 4.79 Å². The van der Waals surface area contributed by atoms with E-state index in [1.807, 2.05) is 0 Å². The minimum atomic E-state index is -0.101. The van der Waals surface area contributed by atoms with Crippen molar-refractivity contribution < 1.29 is 4.74 Å². The highest BCUT2D eigenvalue weighted by Crippen LogP contribution is 2.19. The zero-order valence-corrected chi connectivity index (χ0v) is 12.8. The minimum absolute atomic E-state index is 0.101. The summed E-state index contributed by atoms with van der Waals surface area (Å²) in [4.78, 5) is 27.2. The van der Waals surface area contributed by atoms with E-state index >= 15 is 0 Å². The van der Waals surface area contributed by atoms with Gasteiger partial charge in [-0.1, -0.05) is 0 Å². The number of hydrogen-bond acceptors (Lipinski definition) is 6. The molecule has 2 aromatic heterocycles. The molecule has 0 aliphatic carbocycles. The maximum absolute atomic E-state index is 12.3. The summed E-state index contributed by atoms with van der Waals surface area (Å²) < 4.78 is 7.14. The van der Waals surface area contributed by atoms with Crippen molar-refractivity contribution in [1.82, 2.24) is 19.5 Å². The van der Waals surface area contributed by atoms with Gasteiger partial charge in [-0.3, -0.25) is 9.36 Å². The second-order valence-electron chi connectivity index (χ2n) is 5.40. The SMILES string of the molecule is C[C@@H]1COCCCN1c1nc(-c2ccncn2)cc(=O)n1C. The second-order valence-corrected chi connectivity index (χ2v) is 5.40. The van der Waals surface area contributed by atoms with E-state index in [4.69, 9.17) is 4.74 Å². The number of anilines is 1. The van der Waals surface area contributed by atoms with Crippen LogP contribution in [0.2, 0.25) is 0 Å². The molecule has 3 heterocycles. The second kappa shape index (κ2) is 6.23. The van der Waals surface area contributed by atoms with Gasteiger partial charge in [-0.25, -0.2) is 15.0 Å². The molecule has 0 amide bonds. The summed E-state index contributed by atoms with van der Waals surface area (Å²) in [6, 6.07) is 3.42. The van der Waals surface area contributed by atoms with E-state index in [1.165, 1.54) is 12.4 Å². The van der Waals surface area contributed by atoms with Crippen LogP contribution in [0.1, 0.15) is 13.3 Å². The van der Waals surface area contributed by atoms with Crippen molar-refractivity contribution >= 4 is 5.95 Å². The molecule has 0 saturated carbocycles. The Morgan fingerprint density at radius 1 is 1.36 bits per heavy atom. The fourth-order valence-corrected chi connectivity index (χ4v) is 2.56. The van der Waals surface area contributed by atoms with Crippen LogP contribution in [-0.2, 0) is 11.8 Å². The minimum Gasteiger partial charge on any atom is -0.379 e. The molecule has 116 valence electrons. The first-order valence-electron chi connectivity index (χ1n) is 7.35. The van der Waals surface area contributed by atoms with Gasteiger partial charge in [0.15, 0.2) is 0 Å². The molecule has 1 aliphatic rings. The third-order valence-corrected chi connectivity index (χ3v) is 3.79. The van der Waals surface area contributed by atoms with Crippen LogP contribution in [-0.4, -0.2) is 45.3 Å². The fourth-order valence-electron chi connectivity index (χ4n) is 2.56. The highest BCUT2D eigenvalue weighted by Gasteiger charge is 2.22. The molecule has 0 unspecified atom stereocenters. The lowest BCUT2D eigenvalue weighted by molar-refractivity contribution is 0.137. The van der Waals surface area contributed by atoms with Crippen LogP contribution in [0.5, 0.6) is 0 Å². The van der Waals surface area contributed by atoms with E-state index in [0.29, 0.717) is 23.9 Å². The molecular weight excluding hydrogens is 282 g/mol. The number of rotatable bonds is 2. The van der Waals surface area contributed by atoms with E-state index in [2.05, 4.69) is 26.8 Å². The normalized spacial score (nSPS) is 19.0. The zero-order valence-electron chi connectivity index (χ0n) is 12.8. The van der Waals surface area contributed by atoms with Crippen molar-refractivity contribution in [3.63, 3.8) is 0 Å².